The van der Waals surface area contributed by atoms with Crippen LogP contribution in [0.2, 0.25) is 0 Å². The average molecular weight is 355 g/mol. The summed E-state index contributed by atoms with van der Waals surface area (Å²) in [6.45, 7) is 3.89. The molecular formula is C18H21N5OS. The summed E-state index contributed by atoms with van der Waals surface area (Å²) in [5.41, 5.74) is 4.01. The van der Waals surface area contributed by atoms with Crippen molar-refractivity contribution in [1.29, 1.82) is 0 Å². The largest absolute Gasteiger partial charge is 0.342 e. The normalized spacial score (nSPS) is 14.7. The molecule has 3 aromatic rings. The van der Waals surface area contributed by atoms with Crippen molar-refractivity contribution in [3.63, 3.8) is 0 Å². The predicted octanol–water partition coefficient (Wildman–Crippen LogP) is 2.79. The van der Waals surface area contributed by atoms with E-state index in [9.17, 15) is 4.79 Å². The number of aryl methyl sites for hydroxylation is 2. The number of carbonyl (C=O) groups is 1. The van der Waals surface area contributed by atoms with E-state index in [1.54, 1.807) is 0 Å². The van der Waals surface area contributed by atoms with E-state index in [2.05, 4.69) is 40.3 Å². The highest BCUT2D eigenvalue weighted by Crippen LogP contribution is 2.27. The highest BCUT2D eigenvalue weighted by Gasteiger charge is 2.19. The molecule has 6 nitrogen and oxygen atoms in total. The van der Waals surface area contributed by atoms with Gasteiger partial charge in [0.15, 0.2) is 5.65 Å². The van der Waals surface area contributed by atoms with Crippen molar-refractivity contribution >= 4 is 39.7 Å². The fraction of sp³-hybridized carbons (Fsp3) is 0.444. The Morgan fingerprint density at radius 3 is 2.80 bits per heavy atom. The van der Waals surface area contributed by atoms with Gasteiger partial charge in [0.2, 0.25) is 11.1 Å². The van der Waals surface area contributed by atoms with Crippen molar-refractivity contribution in [2.75, 3.05) is 18.8 Å². The molecule has 0 aliphatic carbocycles. The zero-order valence-corrected chi connectivity index (χ0v) is 15.3. The van der Waals surface area contributed by atoms with Crippen LogP contribution in [-0.4, -0.2) is 49.4 Å². The third kappa shape index (κ3) is 2.97. The maximum atomic E-state index is 12.2. The fourth-order valence-corrected chi connectivity index (χ4v) is 4.04. The minimum Gasteiger partial charge on any atom is -0.342 e. The van der Waals surface area contributed by atoms with Gasteiger partial charge < -0.3 is 9.47 Å². The molecule has 4 rings (SSSR count). The lowest BCUT2D eigenvalue weighted by Gasteiger charge is -2.13. The summed E-state index contributed by atoms with van der Waals surface area (Å²) in [4.78, 5) is 18.8. The Morgan fingerprint density at radius 2 is 2.04 bits per heavy atom. The number of nitrogens with zero attached hydrogens (tertiary/aromatic N) is 5. The third-order valence-electron chi connectivity index (χ3n) is 4.84. The van der Waals surface area contributed by atoms with Gasteiger partial charge in [-0.3, -0.25) is 4.79 Å². The Hall–Kier alpha value is -2.15. The summed E-state index contributed by atoms with van der Waals surface area (Å²) >= 11 is 1.37. The van der Waals surface area contributed by atoms with E-state index in [4.69, 9.17) is 0 Å². The van der Waals surface area contributed by atoms with Gasteiger partial charge in [-0.15, -0.1) is 10.2 Å². The Bertz CT molecular complexity index is 945. The fourth-order valence-electron chi connectivity index (χ4n) is 3.36. The van der Waals surface area contributed by atoms with Gasteiger partial charge in [0.05, 0.1) is 11.3 Å². The quantitative estimate of drug-likeness (QED) is 0.674. The topological polar surface area (TPSA) is 63.9 Å². The Balaban J connectivity index is 1.62. The van der Waals surface area contributed by atoms with Crippen LogP contribution >= 0.6 is 11.8 Å². The third-order valence-corrected chi connectivity index (χ3v) is 5.66. The Kier molecular flexibility index (Phi) is 4.33. The summed E-state index contributed by atoms with van der Waals surface area (Å²) in [5, 5.41) is 10.3. The molecule has 0 bridgehead atoms. The van der Waals surface area contributed by atoms with Gasteiger partial charge in [-0.1, -0.05) is 24.8 Å². The van der Waals surface area contributed by atoms with Crippen molar-refractivity contribution < 1.29 is 4.79 Å². The molecule has 0 saturated carbocycles. The first-order valence-electron chi connectivity index (χ1n) is 8.69. The second-order valence-corrected chi connectivity index (χ2v) is 7.35. The van der Waals surface area contributed by atoms with Gasteiger partial charge in [0.1, 0.15) is 5.52 Å². The van der Waals surface area contributed by atoms with E-state index in [1.807, 2.05) is 16.5 Å². The van der Waals surface area contributed by atoms with Crippen LogP contribution in [0.4, 0.5) is 0 Å². The van der Waals surface area contributed by atoms with E-state index in [0.717, 1.165) is 54.4 Å². The monoisotopic (exact) mass is 355 g/mol. The number of carbonyl (C=O) groups excluding carboxylic acids is 1. The van der Waals surface area contributed by atoms with Crippen LogP contribution < -0.4 is 0 Å². The van der Waals surface area contributed by atoms with Crippen molar-refractivity contribution in [2.45, 2.75) is 31.3 Å². The number of likely N-dealkylation sites (tertiary alicyclic amines) is 1. The number of fused-ring (bicyclic) bond motifs is 3. The molecule has 0 spiro atoms. The molecule has 1 saturated heterocycles. The highest BCUT2D eigenvalue weighted by molar-refractivity contribution is 7.99. The number of hydrogen-bond donors (Lipinski definition) is 0. The zero-order valence-electron chi connectivity index (χ0n) is 14.5. The van der Waals surface area contributed by atoms with E-state index in [-0.39, 0.29) is 5.91 Å². The van der Waals surface area contributed by atoms with Crippen LogP contribution in [0.1, 0.15) is 25.3 Å². The van der Waals surface area contributed by atoms with Gasteiger partial charge in [-0.05, 0) is 37.0 Å². The lowest BCUT2D eigenvalue weighted by atomic mass is 10.1. The molecule has 0 unspecified atom stereocenters. The molecule has 0 atom stereocenters. The molecule has 7 heteroatoms. The van der Waals surface area contributed by atoms with E-state index < -0.39 is 0 Å². The summed E-state index contributed by atoms with van der Waals surface area (Å²) in [7, 11) is 1.99. The molecule has 1 aliphatic rings. The lowest BCUT2D eigenvalue weighted by Crippen LogP contribution is -2.29. The Morgan fingerprint density at radius 1 is 1.24 bits per heavy atom. The standard InChI is InChI=1S/C18H21N5OS/c1-3-12-6-7-14-13(10-12)16-17(22(14)2)19-18(21-20-16)25-11-15(24)23-8-4-5-9-23/h6-7,10H,3-5,8-9,11H2,1-2H3. The Labute approximate surface area is 150 Å². The molecule has 1 fully saturated rings. The van der Waals surface area contributed by atoms with E-state index in [0.29, 0.717) is 10.9 Å². The molecule has 1 aromatic carbocycles. The van der Waals surface area contributed by atoms with Gasteiger partial charge in [0, 0.05) is 25.5 Å². The maximum absolute atomic E-state index is 12.2. The molecule has 0 radical (unpaired) electrons. The highest BCUT2D eigenvalue weighted by atomic mass is 32.2. The smallest absolute Gasteiger partial charge is 0.233 e. The summed E-state index contributed by atoms with van der Waals surface area (Å²) in [5.74, 6) is 0.535. The van der Waals surface area contributed by atoms with Crippen LogP contribution in [0, 0.1) is 0 Å². The number of hydrogen-bond acceptors (Lipinski definition) is 5. The molecule has 1 aliphatic heterocycles. The van der Waals surface area contributed by atoms with Crippen LogP contribution in [-0.2, 0) is 18.3 Å². The maximum Gasteiger partial charge on any atom is 0.233 e. The second kappa shape index (κ2) is 6.63. The molecule has 2 aromatic heterocycles. The molecule has 130 valence electrons. The molecule has 25 heavy (non-hydrogen) atoms. The van der Waals surface area contributed by atoms with Crippen LogP contribution in [0.15, 0.2) is 23.4 Å². The van der Waals surface area contributed by atoms with Gasteiger partial charge in [0.25, 0.3) is 0 Å². The molecule has 3 heterocycles. The first kappa shape index (κ1) is 16.3. The minimum absolute atomic E-state index is 0.163. The van der Waals surface area contributed by atoms with E-state index >= 15 is 0 Å². The molecule has 1 amide bonds. The second-order valence-electron chi connectivity index (χ2n) is 6.41. The predicted molar refractivity (Wildman–Crippen MR) is 99.7 cm³/mol. The van der Waals surface area contributed by atoms with Crippen molar-refractivity contribution in [3.05, 3.63) is 23.8 Å². The minimum atomic E-state index is 0.163. The van der Waals surface area contributed by atoms with Crippen LogP contribution in [0.3, 0.4) is 0 Å². The number of thioether (sulfide) groups is 1. The number of benzene rings is 1. The van der Waals surface area contributed by atoms with Crippen LogP contribution in [0.25, 0.3) is 22.1 Å². The van der Waals surface area contributed by atoms with Gasteiger partial charge in [-0.25, -0.2) is 4.98 Å². The number of amides is 1. The molecule has 0 N–H and O–H groups in total. The number of aromatic nitrogens is 4. The van der Waals surface area contributed by atoms with Crippen LogP contribution in [0.5, 0.6) is 0 Å². The van der Waals surface area contributed by atoms with Gasteiger partial charge in [-0.2, -0.15) is 0 Å². The van der Waals surface area contributed by atoms with Crippen molar-refractivity contribution in [2.24, 2.45) is 7.05 Å². The summed E-state index contributed by atoms with van der Waals surface area (Å²) < 4.78 is 2.05. The van der Waals surface area contributed by atoms with E-state index in [1.165, 1.54) is 17.3 Å². The summed E-state index contributed by atoms with van der Waals surface area (Å²) in [6, 6.07) is 6.41. The summed E-state index contributed by atoms with van der Waals surface area (Å²) in [6.07, 6.45) is 3.20. The van der Waals surface area contributed by atoms with Crippen molar-refractivity contribution in [1.82, 2.24) is 24.6 Å². The molecular weight excluding hydrogens is 334 g/mol. The average Bonchev–Trinajstić information content (AvgIpc) is 3.27. The first-order valence-corrected chi connectivity index (χ1v) is 9.68. The van der Waals surface area contributed by atoms with Gasteiger partial charge >= 0.3 is 0 Å². The lowest BCUT2D eigenvalue weighted by molar-refractivity contribution is -0.127. The zero-order chi connectivity index (χ0) is 17.4. The number of rotatable bonds is 4. The SMILES string of the molecule is CCc1ccc2c(c1)c1nnc(SCC(=O)N3CCCC3)nc1n2C. The van der Waals surface area contributed by atoms with Crippen molar-refractivity contribution in [3.8, 4) is 0 Å². The first-order chi connectivity index (χ1) is 12.2.